The molecule has 0 saturated carbocycles. The van der Waals surface area contributed by atoms with Crippen LogP contribution >= 0.6 is 0 Å². The zero-order valence-electron chi connectivity index (χ0n) is 15.0. The van der Waals surface area contributed by atoms with E-state index in [4.69, 9.17) is 5.11 Å². The Kier molecular flexibility index (Phi) is 4.81. The number of carbonyl (C=O) groups is 2. The van der Waals surface area contributed by atoms with Gasteiger partial charge in [0.2, 0.25) is 5.91 Å². The van der Waals surface area contributed by atoms with E-state index in [9.17, 15) is 14.7 Å². The monoisotopic (exact) mass is 380 g/mol. The van der Waals surface area contributed by atoms with Crippen molar-refractivity contribution in [3.63, 3.8) is 0 Å². The van der Waals surface area contributed by atoms with Gasteiger partial charge >= 0.3 is 5.97 Å². The summed E-state index contributed by atoms with van der Waals surface area (Å²) in [6, 6.07) is 10.1. The lowest BCUT2D eigenvalue weighted by atomic mass is 9.98. The highest BCUT2D eigenvalue weighted by Gasteiger charge is 2.37. The maximum atomic E-state index is 13.0. The molecule has 8 heteroatoms. The molecule has 1 aromatic heterocycles. The Morgan fingerprint density at radius 1 is 1.21 bits per heavy atom. The smallest absolute Gasteiger partial charge is 0.335 e. The summed E-state index contributed by atoms with van der Waals surface area (Å²) in [5, 5.41) is 18.8. The number of carboxylic acids is 1. The van der Waals surface area contributed by atoms with Gasteiger partial charge in [-0.15, -0.1) is 0 Å². The first-order valence-corrected chi connectivity index (χ1v) is 8.94. The van der Waals surface area contributed by atoms with Crippen molar-refractivity contribution in [3.8, 4) is 0 Å². The van der Waals surface area contributed by atoms with E-state index in [0.717, 1.165) is 16.8 Å². The Labute approximate surface area is 161 Å². The number of hydrogen-bond acceptors (Lipinski definition) is 6. The summed E-state index contributed by atoms with van der Waals surface area (Å²) in [6.07, 6.45) is 3.23. The summed E-state index contributed by atoms with van der Waals surface area (Å²) in [6.45, 7) is 0.593. The number of amides is 1. The van der Waals surface area contributed by atoms with Crippen LogP contribution in [-0.2, 0) is 4.79 Å². The average Bonchev–Trinajstić information content (AvgIpc) is 3.30. The van der Waals surface area contributed by atoms with Gasteiger partial charge in [0.15, 0.2) is 0 Å². The number of carboxylic acid groups (broad SMARTS) is 1. The van der Waals surface area contributed by atoms with E-state index >= 15 is 0 Å². The summed E-state index contributed by atoms with van der Waals surface area (Å²) < 4.78 is 0. The largest absolute Gasteiger partial charge is 0.478 e. The van der Waals surface area contributed by atoms with Crippen molar-refractivity contribution < 1.29 is 19.8 Å². The number of aliphatic hydroxyl groups excluding tert-OH is 1. The van der Waals surface area contributed by atoms with Gasteiger partial charge < -0.3 is 20.5 Å². The van der Waals surface area contributed by atoms with Crippen LogP contribution in [0.1, 0.15) is 33.4 Å². The molecule has 4 N–H and O–H groups in total. The fraction of sp³-hybridized carbons (Fsp3) is 0.250. The molecule has 1 amide bonds. The fourth-order valence-electron chi connectivity index (χ4n) is 3.67. The van der Waals surface area contributed by atoms with Crippen LogP contribution < -0.4 is 10.9 Å². The molecule has 3 heterocycles. The number of hydrazine groups is 1. The third-order valence-electron chi connectivity index (χ3n) is 5.18. The molecule has 144 valence electrons. The number of aromatic carboxylic acids is 1. The minimum atomic E-state index is -0.966. The van der Waals surface area contributed by atoms with Gasteiger partial charge in [0.25, 0.3) is 0 Å². The quantitative estimate of drug-likeness (QED) is 0.607. The molecular formula is C20H20N4O4. The molecule has 1 aromatic carbocycles. The molecule has 2 aromatic rings. The Bertz CT molecular complexity index is 927. The highest BCUT2D eigenvalue weighted by atomic mass is 16.4. The van der Waals surface area contributed by atoms with Crippen molar-refractivity contribution in [1.82, 2.24) is 20.7 Å². The topological polar surface area (TPSA) is 115 Å². The first kappa shape index (κ1) is 18.1. The van der Waals surface area contributed by atoms with Gasteiger partial charge in [0.1, 0.15) is 0 Å². The Morgan fingerprint density at radius 2 is 2.00 bits per heavy atom. The summed E-state index contributed by atoms with van der Waals surface area (Å²) in [5.74, 6) is -1.76. The molecule has 28 heavy (non-hydrogen) atoms. The number of pyridine rings is 1. The number of nitrogens with one attached hydrogen (secondary N) is 2. The summed E-state index contributed by atoms with van der Waals surface area (Å²) in [4.78, 5) is 29.8. The average molecular weight is 380 g/mol. The Hall–Kier alpha value is -3.23. The maximum absolute atomic E-state index is 13.0. The maximum Gasteiger partial charge on any atom is 0.335 e. The van der Waals surface area contributed by atoms with Crippen LogP contribution in [0.25, 0.3) is 0 Å². The number of carbonyl (C=O) groups excluding carboxylic acids is 1. The molecule has 8 nitrogen and oxygen atoms in total. The number of aliphatic hydroxyl groups is 1. The van der Waals surface area contributed by atoms with Crippen LogP contribution in [0.2, 0.25) is 0 Å². The Balaban J connectivity index is 1.49. The molecule has 4 rings (SSSR count). The van der Waals surface area contributed by atoms with Crippen molar-refractivity contribution in [1.29, 1.82) is 0 Å². The summed E-state index contributed by atoms with van der Waals surface area (Å²) >= 11 is 0. The minimum absolute atomic E-state index is 0.137. The lowest BCUT2D eigenvalue weighted by Crippen LogP contribution is -2.40. The molecule has 0 saturated heterocycles. The summed E-state index contributed by atoms with van der Waals surface area (Å²) in [5.41, 5.74) is 10.1. The molecule has 0 aliphatic carbocycles. The van der Waals surface area contributed by atoms with Gasteiger partial charge in [-0.3, -0.25) is 9.78 Å². The fourth-order valence-corrected chi connectivity index (χ4v) is 3.67. The van der Waals surface area contributed by atoms with E-state index in [0.29, 0.717) is 18.7 Å². The van der Waals surface area contributed by atoms with Gasteiger partial charge in [-0.25, -0.2) is 10.2 Å². The first-order chi connectivity index (χ1) is 13.6. The second-order valence-electron chi connectivity index (χ2n) is 6.85. The molecule has 2 aliphatic rings. The number of hydrogen-bond donors (Lipinski definition) is 4. The van der Waals surface area contributed by atoms with E-state index in [1.54, 1.807) is 53.7 Å². The lowest BCUT2D eigenvalue weighted by Gasteiger charge is -2.25. The SMILES string of the molecule is O=C(O)c1ccc(C2NNC3=C2CN(C(=O)C(CO)c2cccnc2)C3)cc1. The minimum Gasteiger partial charge on any atom is -0.478 e. The number of aromatic nitrogens is 1. The van der Waals surface area contributed by atoms with Crippen molar-refractivity contribution >= 4 is 11.9 Å². The first-order valence-electron chi connectivity index (χ1n) is 8.94. The van der Waals surface area contributed by atoms with Crippen molar-refractivity contribution in [2.45, 2.75) is 12.0 Å². The standard InChI is InChI=1S/C20H20N4O4/c25-11-16(14-2-1-7-21-8-14)19(26)24-9-15-17(10-24)22-23-18(15)12-3-5-13(6-4-12)20(27)28/h1-8,16,18,22-23,25H,9-11H2,(H,27,28). The molecule has 0 spiro atoms. The van der Waals surface area contributed by atoms with Gasteiger partial charge in [-0.05, 0) is 34.9 Å². The van der Waals surface area contributed by atoms with Crippen molar-refractivity contribution in [2.24, 2.45) is 0 Å². The highest BCUT2D eigenvalue weighted by Crippen LogP contribution is 2.33. The molecule has 0 bridgehead atoms. The van der Waals surface area contributed by atoms with Crippen molar-refractivity contribution in [2.75, 3.05) is 19.7 Å². The van der Waals surface area contributed by atoms with E-state index in [1.807, 2.05) is 0 Å². The predicted molar refractivity (Wildman–Crippen MR) is 100 cm³/mol. The zero-order valence-corrected chi connectivity index (χ0v) is 15.0. The van der Waals surface area contributed by atoms with E-state index in [2.05, 4.69) is 15.8 Å². The molecular weight excluding hydrogens is 360 g/mol. The number of benzene rings is 1. The Morgan fingerprint density at radius 3 is 2.64 bits per heavy atom. The van der Waals surface area contributed by atoms with Gasteiger partial charge in [0.05, 0.1) is 30.7 Å². The molecule has 0 fully saturated rings. The van der Waals surface area contributed by atoms with E-state index < -0.39 is 11.9 Å². The van der Waals surface area contributed by atoms with Crippen LogP contribution in [0.5, 0.6) is 0 Å². The third kappa shape index (κ3) is 3.23. The number of nitrogens with zero attached hydrogens (tertiary/aromatic N) is 2. The van der Waals surface area contributed by atoms with Gasteiger partial charge in [-0.1, -0.05) is 18.2 Å². The second kappa shape index (κ2) is 7.41. The molecule has 2 atom stereocenters. The third-order valence-corrected chi connectivity index (χ3v) is 5.18. The normalized spacial score (nSPS) is 19.3. The molecule has 2 unspecified atom stereocenters. The zero-order chi connectivity index (χ0) is 19.7. The van der Waals surface area contributed by atoms with E-state index in [1.165, 1.54) is 0 Å². The van der Waals surface area contributed by atoms with E-state index in [-0.39, 0.29) is 24.1 Å². The predicted octanol–water partition coefficient (Wildman–Crippen LogP) is 0.801. The van der Waals surface area contributed by atoms with Crippen LogP contribution in [0, 0.1) is 0 Å². The molecule has 2 aliphatic heterocycles. The van der Waals surface area contributed by atoms with Crippen LogP contribution in [0.3, 0.4) is 0 Å². The number of rotatable bonds is 5. The highest BCUT2D eigenvalue weighted by molar-refractivity contribution is 5.87. The molecule has 0 radical (unpaired) electrons. The van der Waals surface area contributed by atoms with Crippen molar-refractivity contribution in [3.05, 3.63) is 76.8 Å². The van der Waals surface area contributed by atoms with Gasteiger partial charge in [-0.2, -0.15) is 0 Å². The van der Waals surface area contributed by atoms with Gasteiger partial charge in [0, 0.05) is 24.6 Å². The van der Waals surface area contributed by atoms with Crippen LogP contribution in [0.4, 0.5) is 0 Å². The van der Waals surface area contributed by atoms with Crippen LogP contribution in [-0.4, -0.2) is 51.7 Å². The second-order valence-corrected chi connectivity index (χ2v) is 6.85. The van der Waals surface area contributed by atoms with Crippen LogP contribution in [0.15, 0.2) is 60.1 Å². The lowest BCUT2D eigenvalue weighted by molar-refractivity contribution is -0.132. The summed E-state index contributed by atoms with van der Waals surface area (Å²) in [7, 11) is 0.